The van der Waals surface area contributed by atoms with Gasteiger partial charge >= 0.3 is 0 Å². The average Bonchev–Trinajstić information content (AvgIpc) is 2.73. The van der Waals surface area contributed by atoms with E-state index in [1.54, 1.807) is 0 Å². The normalized spacial score (nSPS) is 15.2. The molecule has 17 heavy (non-hydrogen) atoms. The van der Waals surface area contributed by atoms with Crippen molar-refractivity contribution < 1.29 is 0 Å². The van der Waals surface area contributed by atoms with Crippen LogP contribution in [0.15, 0.2) is 12.5 Å². The summed E-state index contributed by atoms with van der Waals surface area (Å²) >= 11 is 0. The monoisotopic (exact) mass is 237 g/mol. The summed E-state index contributed by atoms with van der Waals surface area (Å²) in [6.07, 6.45) is 8.45. The zero-order chi connectivity index (χ0) is 12.8. The molecule has 1 heterocycles. The van der Waals surface area contributed by atoms with Crippen molar-refractivity contribution in [3.8, 4) is 0 Å². The smallest absolute Gasteiger partial charge is 0.0951 e. The summed E-state index contributed by atoms with van der Waals surface area (Å²) in [5.41, 5.74) is 7.46. The van der Waals surface area contributed by atoms with Crippen molar-refractivity contribution in [1.29, 1.82) is 0 Å². The molecule has 0 bridgehead atoms. The molecule has 0 aliphatic carbocycles. The maximum atomic E-state index is 6.27. The highest BCUT2D eigenvalue weighted by molar-refractivity contribution is 5.06. The lowest BCUT2D eigenvalue weighted by atomic mass is 10.0. The Kier molecular flexibility index (Phi) is 5.69. The third-order valence-electron chi connectivity index (χ3n) is 3.29. The molecule has 0 saturated carbocycles. The number of imidazole rings is 1. The molecule has 98 valence electrons. The van der Waals surface area contributed by atoms with Gasteiger partial charge in [-0.15, -0.1) is 0 Å². The van der Waals surface area contributed by atoms with E-state index in [9.17, 15) is 0 Å². The summed E-state index contributed by atoms with van der Waals surface area (Å²) in [4.78, 5) is 4.28. The van der Waals surface area contributed by atoms with Crippen LogP contribution in [0, 0.1) is 5.92 Å². The minimum absolute atomic E-state index is 0.114. The number of nitrogens with two attached hydrogens (primary N) is 1. The van der Waals surface area contributed by atoms with Crippen molar-refractivity contribution in [3.63, 3.8) is 0 Å². The van der Waals surface area contributed by atoms with Gasteiger partial charge in [0.05, 0.1) is 12.0 Å². The second-order valence-electron chi connectivity index (χ2n) is 5.31. The molecule has 3 nitrogen and oxygen atoms in total. The van der Waals surface area contributed by atoms with E-state index in [1.165, 1.54) is 18.5 Å². The van der Waals surface area contributed by atoms with E-state index in [2.05, 4.69) is 37.2 Å². The number of aromatic nitrogens is 2. The van der Waals surface area contributed by atoms with Gasteiger partial charge in [-0.25, -0.2) is 4.98 Å². The van der Waals surface area contributed by atoms with Crippen LogP contribution in [0.4, 0.5) is 0 Å². The molecule has 0 aliphatic rings. The van der Waals surface area contributed by atoms with E-state index in [4.69, 9.17) is 5.73 Å². The van der Waals surface area contributed by atoms with Crippen LogP contribution in [0.2, 0.25) is 0 Å². The Morgan fingerprint density at radius 1 is 1.35 bits per heavy atom. The Balaban J connectivity index is 2.83. The highest BCUT2D eigenvalue weighted by Crippen LogP contribution is 2.25. The molecule has 1 aromatic heterocycles. The van der Waals surface area contributed by atoms with E-state index >= 15 is 0 Å². The first kappa shape index (κ1) is 14.2. The summed E-state index contributed by atoms with van der Waals surface area (Å²) in [5.74, 6) is 0.625. The van der Waals surface area contributed by atoms with Gasteiger partial charge in [0.25, 0.3) is 0 Å². The topological polar surface area (TPSA) is 43.8 Å². The quantitative estimate of drug-likeness (QED) is 0.786. The maximum absolute atomic E-state index is 6.27. The Bertz CT molecular complexity index is 317. The lowest BCUT2D eigenvalue weighted by Crippen LogP contribution is -2.19. The first-order chi connectivity index (χ1) is 8.10. The van der Waals surface area contributed by atoms with Crippen LogP contribution in [0.3, 0.4) is 0 Å². The van der Waals surface area contributed by atoms with Crippen LogP contribution in [-0.4, -0.2) is 9.55 Å². The molecule has 0 fully saturated rings. The zero-order valence-electron chi connectivity index (χ0n) is 11.7. The van der Waals surface area contributed by atoms with Crippen molar-refractivity contribution >= 4 is 0 Å². The number of nitrogens with zero attached hydrogens (tertiary/aromatic N) is 2. The third kappa shape index (κ3) is 3.84. The van der Waals surface area contributed by atoms with Crippen molar-refractivity contribution in [2.75, 3.05) is 0 Å². The van der Waals surface area contributed by atoms with Gasteiger partial charge < -0.3 is 10.3 Å². The molecule has 0 saturated heterocycles. The van der Waals surface area contributed by atoms with Crippen LogP contribution in [0.25, 0.3) is 0 Å². The fraction of sp³-hybridized carbons (Fsp3) is 0.786. The second kappa shape index (κ2) is 6.80. The Labute approximate surface area is 105 Å². The summed E-state index contributed by atoms with van der Waals surface area (Å²) in [5, 5.41) is 0. The summed E-state index contributed by atoms with van der Waals surface area (Å²) in [7, 11) is 0. The Morgan fingerprint density at radius 3 is 2.59 bits per heavy atom. The lowest BCUT2D eigenvalue weighted by Gasteiger charge is -2.22. The third-order valence-corrected chi connectivity index (χ3v) is 3.29. The van der Waals surface area contributed by atoms with Gasteiger partial charge in [-0.2, -0.15) is 0 Å². The molecular weight excluding hydrogens is 210 g/mol. The summed E-state index contributed by atoms with van der Waals surface area (Å²) in [6, 6.07) is 0.666. The Morgan fingerprint density at radius 2 is 2.06 bits per heavy atom. The average molecular weight is 237 g/mol. The van der Waals surface area contributed by atoms with Crippen LogP contribution in [0.5, 0.6) is 0 Å². The summed E-state index contributed by atoms with van der Waals surface area (Å²) < 4.78 is 2.29. The largest absolute Gasteiger partial charge is 0.330 e. The van der Waals surface area contributed by atoms with Gasteiger partial charge in [-0.1, -0.05) is 34.1 Å². The van der Waals surface area contributed by atoms with Gasteiger partial charge in [0.15, 0.2) is 0 Å². The molecule has 0 aromatic carbocycles. The molecule has 0 aliphatic heterocycles. The van der Waals surface area contributed by atoms with E-state index < -0.39 is 0 Å². The second-order valence-corrected chi connectivity index (χ2v) is 5.31. The standard InChI is InChI=1S/C14H27N3/c1-5-7-12(6-2)17-10-16-9-14(17)13(15)8-11(3)4/h9-13H,5-8,15H2,1-4H3. The fourth-order valence-electron chi connectivity index (χ4n) is 2.41. The van der Waals surface area contributed by atoms with Gasteiger partial charge in [-0.05, 0) is 25.2 Å². The lowest BCUT2D eigenvalue weighted by molar-refractivity contribution is 0.409. The first-order valence-electron chi connectivity index (χ1n) is 6.87. The van der Waals surface area contributed by atoms with Crippen LogP contribution in [0.1, 0.15) is 71.2 Å². The molecule has 1 aromatic rings. The van der Waals surface area contributed by atoms with E-state index in [0.29, 0.717) is 12.0 Å². The van der Waals surface area contributed by atoms with Gasteiger partial charge in [-0.3, -0.25) is 0 Å². The van der Waals surface area contributed by atoms with Crippen molar-refractivity contribution in [2.24, 2.45) is 11.7 Å². The van der Waals surface area contributed by atoms with Crippen LogP contribution >= 0.6 is 0 Å². The van der Waals surface area contributed by atoms with Crippen molar-refractivity contribution in [2.45, 2.75) is 65.5 Å². The Hall–Kier alpha value is -0.830. The zero-order valence-corrected chi connectivity index (χ0v) is 11.7. The highest BCUT2D eigenvalue weighted by atomic mass is 15.1. The van der Waals surface area contributed by atoms with Crippen molar-refractivity contribution in [1.82, 2.24) is 9.55 Å². The van der Waals surface area contributed by atoms with Crippen LogP contribution < -0.4 is 5.73 Å². The van der Waals surface area contributed by atoms with Gasteiger partial charge in [0, 0.05) is 18.3 Å². The SMILES string of the molecule is CCCC(CC)n1cncc1C(N)CC(C)C. The molecule has 3 heteroatoms. The van der Waals surface area contributed by atoms with E-state index in [0.717, 1.165) is 12.8 Å². The van der Waals surface area contributed by atoms with Crippen molar-refractivity contribution in [3.05, 3.63) is 18.2 Å². The van der Waals surface area contributed by atoms with Gasteiger partial charge in [0.2, 0.25) is 0 Å². The maximum Gasteiger partial charge on any atom is 0.0951 e. The molecule has 0 radical (unpaired) electrons. The fourth-order valence-corrected chi connectivity index (χ4v) is 2.41. The molecule has 2 atom stereocenters. The molecule has 0 spiro atoms. The number of rotatable bonds is 7. The molecule has 0 amide bonds. The predicted molar refractivity (Wildman–Crippen MR) is 72.8 cm³/mol. The van der Waals surface area contributed by atoms with E-state index in [1.807, 2.05) is 12.5 Å². The summed E-state index contributed by atoms with van der Waals surface area (Å²) in [6.45, 7) is 8.89. The van der Waals surface area contributed by atoms with E-state index in [-0.39, 0.29) is 6.04 Å². The molecule has 1 rings (SSSR count). The molecular formula is C14H27N3. The van der Waals surface area contributed by atoms with Crippen LogP contribution in [-0.2, 0) is 0 Å². The predicted octanol–water partition coefficient (Wildman–Crippen LogP) is 3.68. The van der Waals surface area contributed by atoms with Gasteiger partial charge in [0.1, 0.15) is 0 Å². The number of hydrogen-bond donors (Lipinski definition) is 1. The molecule has 2 N–H and O–H groups in total. The minimum atomic E-state index is 0.114. The first-order valence-corrected chi connectivity index (χ1v) is 6.87. The number of hydrogen-bond acceptors (Lipinski definition) is 2. The highest BCUT2D eigenvalue weighted by Gasteiger charge is 2.17. The minimum Gasteiger partial charge on any atom is -0.330 e. The molecule has 2 unspecified atom stereocenters.